The fourth-order valence-electron chi connectivity index (χ4n) is 3.83. The van der Waals surface area contributed by atoms with Crippen LogP contribution in [0.25, 0.3) is 0 Å². The van der Waals surface area contributed by atoms with E-state index < -0.39 is 0 Å². The van der Waals surface area contributed by atoms with Crippen molar-refractivity contribution in [3.63, 3.8) is 0 Å². The molecule has 1 saturated heterocycles. The van der Waals surface area contributed by atoms with Gasteiger partial charge in [0.15, 0.2) is 0 Å². The minimum atomic E-state index is 0.753. The third-order valence-corrected chi connectivity index (χ3v) is 4.89. The largest absolute Gasteiger partial charge is 0.399 e. The molecular weight excluding hydrogens is 220 g/mol. The van der Waals surface area contributed by atoms with E-state index in [1.54, 1.807) is 0 Å². The van der Waals surface area contributed by atoms with E-state index in [9.17, 15) is 0 Å². The van der Waals surface area contributed by atoms with Crippen molar-refractivity contribution in [2.45, 2.75) is 57.0 Å². The van der Waals surface area contributed by atoms with Gasteiger partial charge in [0.2, 0.25) is 0 Å². The second-order valence-electron chi connectivity index (χ2n) is 6.06. The molecule has 2 fully saturated rings. The van der Waals surface area contributed by atoms with Gasteiger partial charge in [-0.15, -0.1) is 0 Å². The first-order valence-corrected chi connectivity index (χ1v) is 7.35. The number of nitrogens with two attached hydrogens (primary N) is 1. The molecule has 0 spiro atoms. The predicted molar refractivity (Wildman–Crippen MR) is 76.6 cm³/mol. The molecule has 3 atom stereocenters. The quantitative estimate of drug-likeness (QED) is 0.808. The summed E-state index contributed by atoms with van der Waals surface area (Å²) in [7, 11) is 0. The first kappa shape index (κ1) is 12.0. The molecule has 1 aliphatic heterocycles. The van der Waals surface area contributed by atoms with E-state index in [0.29, 0.717) is 0 Å². The molecule has 18 heavy (non-hydrogen) atoms. The predicted octanol–water partition coefficient (Wildman–Crippen LogP) is 3.39. The second kappa shape index (κ2) is 4.93. The summed E-state index contributed by atoms with van der Waals surface area (Å²) in [6.07, 6.45) is 6.85. The number of likely N-dealkylation sites (tertiary alicyclic amines) is 1. The van der Waals surface area contributed by atoms with Crippen LogP contribution >= 0.6 is 0 Å². The fraction of sp³-hybridized carbons (Fsp3) is 0.625. The Morgan fingerprint density at radius 1 is 1.11 bits per heavy atom. The number of nitrogen functional groups attached to an aromatic ring is 1. The molecule has 2 heteroatoms. The van der Waals surface area contributed by atoms with E-state index in [-0.39, 0.29) is 0 Å². The molecule has 1 aliphatic carbocycles. The van der Waals surface area contributed by atoms with E-state index in [1.807, 2.05) is 12.1 Å². The monoisotopic (exact) mass is 244 g/mol. The van der Waals surface area contributed by atoms with Crippen molar-refractivity contribution in [1.82, 2.24) is 4.90 Å². The van der Waals surface area contributed by atoms with Gasteiger partial charge in [-0.3, -0.25) is 4.90 Å². The molecule has 2 N–H and O–H groups in total. The van der Waals surface area contributed by atoms with Gasteiger partial charge in [-0.1, -0.05) is 12.1 Å². The molecule has 2 aliphatic rings. The summed E-state index contributed by atoms with van der Waals surface area (Å²) < 4.78 is 0. The summed E-state index contributed by atoms with van der Waals surface area (Å²) in [6, 6.07) is 10.2. The summed E-state index contributed by atoms with van der Waals surface area (Å²) >= 11 is 0. The van der Waals surface area contributed by atoms with Gasteiger partial charge < -0.3 is 5.73 Å². The van der Waals surface area contributed by atoms with E-state index >= 15 is 0 Å². The molecule has 1 saturated carbocycles. The van der Waals surface area contributed by atoms with Crippen LogP contribution in [-0.4, -0.2) is 23.5 Å². The molecule has 2 nitrogen and oxygen atoms in total. The number of hydrogen-bond acceptors (Lipinski definition) is 2. The van der Waals surface area contributed by atoms with Gasteiger partial charge >= 0.3 is 0 Å². The Balaban J connectivity index is 1.66. The SMILES string of the molecule is C[C@H]1CCCN1C1CCC(c2ccc(N)cc2)C1. The minimum Gasteiger partial charge on any atom is -0.399 e. The molecule has 0 amide bonds. The van der Waals surface area contributed by atoms with E-state index in [1.165, 1.54) is 44.2 Å². The third-order valence-electron chi connectivity index (χ3n) is 4.89. The average molecular weight is 244 g/mol. The van der Waals surface area contributed by atoms with Gasteiger partial charge in [0.05, 0.1) is 0 Å². The van der Waals surface area contributed by atoms with Gasteiger partial charge in [-0.05, 0) is 69.2 Å². The van der Waals surface area contributed by atoms with Crippen molar-refractivity contribution in [3.05, 3.63) is 29.8 Å². The number of anilines is 1. The van der Waals surface area contributed by atoms with Crippen LogP contribution in [-0.2, 0) is 0 Å². The molecule has 1 aromatic rings. The molecular formula is C16H24N2. The highest BCUT2D eigenvalue weighted by Gasteiger charge is 2.34. The molecule has 0 radical (unpaired) electrons. The maximum absolute atomic E-state index is 5.76. The van der Waals surface area contributed by atoms with Crippen molar-refractivity contribution in [2.24, 2.45) is 0 Å². The van der Waals surface area contributed by atoms with Crippen molar-refractivity contribution < 1.29 is 0 Å². The molecule has 2 unspecified atom stereocenters. The fourth-order valence-corrected chi connectivity index (χ4v) is 3.83. The summed E-state index contributed by atoms with van der Waals surface area (Å²) in [6.45, 7) is 3.71. The Labute approximate surface area is 110 Å². The smallest absolute Gasteiger partial charge is 0.0314 e. The van der Waals surface area contributed by atoms with E-state index in [2.05, 4.69) is 24.0 Å². The topological polar surface area (TPSA) is 29.3 Å². The van der Waals surface area contributed by atoms with Gasteiger partial charge in [-0.25, -0.2) is 0 Å². The van der Waals surface area contributed by atoms with Gasteiger partial charge in [0, 0.05) is 17.8 Å². The lowest BCUT2D eigenvalue weighted by Gasteiger charge is -2.28. The lowest BCUT2D eigenvalue weighted by Crippen LogP contribution is -2.35. The van der Waals surface area contributed by atoms with Crippen molar-refractivity contribution in [1.29, 1.82) is 0 Å². The Morgan fingerprint density at radius 2 is 1.89 bits per heavy atom. The van der Waals surface area contributed by atoms with Crippen molar-refractivity contribution in [3.8, 4) is 0 Å². The molecule has 3 rings (SSSR count). The van der Waals surface area contributed by atoms with E-state index in [4.69, 9.17) is 5.73 Å². The first-order chi connectivity index (χ1) is 8.74. The number of hydrogen-bond donors (Lipinski definition) is 1. The third kappa shape index (κ3) is 2.26. The van der Waals surface area contributed by atoms with Crippen LogP contribution in [0.5, 0.6) is 0 Å². The summed E-state index contributed by atoms with van der Waals surface area (Å²) in [5.41, 5.74) is 8.12. The van der Waals surface area contributed by atoms with Gasteiger partial charge in [0.25, 0.3) is 0 Å². The summed E-state index contributed by atoms with van der Waals surface area (Å²) in [5, 5.41) is 0. The van der Waals surface area contributed by atoms with Crippen LogP contribution in [0.1, 0.15) is 50.5 Å². The van der Waals surface area contributed by atoms with Gasteiger partial charge in [0.1, 0.15) is 0 Å². The lowest BCUT2D eigenvalue weighted by molar-refractivity contribution is 0.191. The average Bonchev–Trinajstić information content (AvgIpc) is 2.98. The molecule has 98 valence electrons. The Bertz CT molecular complexity index is 398. The highest BCUT2D eigenvalue weighted by molar-refractivity contribution is 5.40. The summed E-state index contributed by atoms with van der Waals surface area (Å²) in [4.78, 5) is 2.75. The lowest BCUT2D eigenvalue weighted by atomic mass is 9.97. The van der Waals surface area contributed by atoms with Crippen molar-refractivity contribution in [2.75, 3.05) is 12.3 Å². The second-order valence-corrected chi connectivity index (χ2v) is 6.06. The minimum absolute atomic E-state index is 0.753. The molecule has 0 aromatic heterocycles. The Hall–Kier alpha value is -1.02. The van der Waals surface area contributed by atoms with Crippen LogP contribution in [0.4, 0.5) is 5.69 Å². The molecule has 1 aromatic carbocycles. The number of nitrogens with zero attached hydrogens (tertiary/aromatic N) is 1. The van der Waals surface area contributed by atoms with Crippen LogP contribution in [0.2, 0.25) is 0 Å². The van der Waals surface area contributed by atoms with Crippen molar-refractivity contribution >= 4 is 5.69 Å². The highest BCUT2D eigenvalue weighted by atomic mass is 15.2. The highest BCUT2D eigenvalue weighted by Crippen LogP contribution is 2.39. The Kier molecular flexibility index (Phi) is 3.29. The normalized spacial score (nSPS) is 33.1. The van der Waals surface area contributed by atoms with Crippen LogP contribution < -0.4 is 5.73 Å². The van der Waals surface area contributed by atoms with Gasteiger partial charge in [-0.2, -0.15) is 0 Å². The van der Waals surface area contributed by atoms with E-state index in [0.717, 1.165) is 23.7 Å². The standard InChI is InChI=1S/C16H24N2/c1-12-3-2-10-18(12)16-9-6-14(11-16)13-4-7-15(17)8-5-13/h4-5,7-8,12,14,16H,2-3,6,9-11,17H2,1H3/t12-,14?,16?/m0/s1. The molecule has 1 heterocycles. The maximum Gasteiger partial charge on any atom is 0.0314 e. The van der Waals surface area contributed by atoms with Crippen LogP contribution in [0, 0.1) is 0 Å². The summed E-state index contributed by atoms with van der Waals surface area (Å²) in [5.74, 6) is 0.753. The first-order valence-electron chi connectivity index (χ1n) is 7.35. The Morgan fingerprint density at radius 3 is 2.56 bits per heavy atom. The molecule has 0 bridgehead atoms. The zero-order chi connectivity index (χ0) is 12.5. The van der Waals surface area contributed by atoms with Crippen LogP contribution in [0.3, 0.4) is 0 Å². The number of benzene rings is 1. The zero-order valence-corrected chi connectivity index (χ0v) is 11.3. The van der Waals surface area contributed by atoms with Crippen LogP contribution in [0.15, 0.2) is 24.3 Å². The zero-order valence-electron chi connectivity index (χ0n) is 11.3. The maximum atomic E-state index is 5.76. The number of rotatable bonds is 2.